The second-order valence-electron chi connectivity index (χ2n) is 5.82. The summed E-state index contributed by atoms with van der Waals surface area (Å²) in [5.74, 6) is 0. The molecule has 1 saturated heterocycles. The lowest BCUT2D eigenvalue weighted by Crippen LogP contribution is -2.37. The van der Waals surface area contributed by atoms with Crippen LogP contribution in [0.5, 0.6) is 0 Å². The molecule has 0 bridgehead atoms. The fourth-order valence-electron chi connectivity index (χ4n) is 3.20. The van der Waals surface area contributed by atoms with Crippen LogP contribution >= 0.6 is 23.2 Å². The van der Waals surface area contributed by atoms with Crippen LogP contribution in [0.1, 0.15) is 17.2 Å². The molecule has 0 aliphatic carbocycles. The summed E-state index contributed by atoms with van der Waals surface area (Å²) < 4.78 is 13.9. The normalized spacial score (nSPS) is 23.0. The molecule has 2 atom stereocenters. The van der Waals surface area contributed by atoms with Gasteiger partial charge in [0.05, 0.1) is 6.54 Å². The minimum atomic E-state index is -0.771. The summed E-state index contributed by atoms with van der Waals surface area (Å²) in [6.07, 6.45) is 2.76. The van der Waals surface area contributed by atoms with Gasteiger partial charge in [0.25, 0.3) is 0 Å². The lowest BCUT2D eigenvalue weighted by atomic mass is 9.84. The maximum absolute atomic E-state index is 6.45. The molecule has 3 aromatic rings. The predicted molar refractivity (Wildman–Crippen MR) is 94.4 cm³/mol. The molecule has 1 aromatic heterocycles. The second kappa shape index (κ2) is 6.77. The number of hydrogen-bond acceptors (Lipinski definition) is 4. The van der Waals surface area contributed by atoms with Gasteiger partial charge in [-0.2, -0.15) is 5.10 Å². The largest absolute Gasteiger partial charge is 0.344 e. The highest BCUT2D eigenvalue weighted by molar-refractivity contribution is 6.35. The molecule has 0 saturated carbocycles. The van der Waals surface area contributed by atoms with Crippen LogP contribution in [0.15, 0.2) is 61.2 Å². The average Bonchev–Trinajstić information content (AvgIpc) is 3.27. The lowest BCUT2D eigenvalue weighted by Gasteiger charge is -2.33. The molecule has 128 valence electrons. The molecular formula is C18H15Cl2N3O2. The Kier molecular flexibility index (Phi) is 4.48. The molecule has 0 radical (unpaired) electrons. The summed E-state index contributed by atoms with van der Waals surface area (Å²) in [6, 6.07) is 15.3. The molecular weight excluding hydrogens is 361 g/mol. The van der Waals surface area contributed by atoms with Gasteiger partial charge in [-0.1, -0.05) is 59.6 Å². The number of nitrogens with zero attached hydrogens (tertiary/aromatic N) is 3. The van der Waals surface area contributed by atoms with Gasteiger partial charge in [0.1, 0.15) is 31.2 Å². The Balaban J connectivity index is 1.84. The number of benzene rings is 2. The van der Waals surface area contributed by atoms with E-state index >= 15 is 0 Å². The van der Waals surface area contributed by atoms with Crippen molar-refractivity contribution < 1.29 is 9.47 Å². The van der Waals surface area contributed by atoms with E-state index in [4.69, 9.17) is 32.7 Å². The van der Waals surface area contributed by atoms with Crippen molar-refractivity contribution >= 4 is 23.2 Å². The fraction of sp³-hybridized carbons (Fsp3) is 0.222. The Bertz CT molecular complexity index is 858. The number of aromatic nitrogens is 3. The quantitative estimate of drug-likeness (QED) is 0.684. The second-order valence-corrected chi connectivity index (χ2v) is 6.67. The van der Waals surface area contributed by atoms with Crippen LogP contribution in [0.4, 0.5) is 0 Å². The van der Waals surface area contributed by atoms with Crippen molar-refractivity contribution in [3.8, 4) is 0 Å². The van der Waals surface area contributed by atoms with Gasteiger partial charge >= 0.3 is 0 Å². The van der Waals surface area contributed by atoms with Crippen molar-refractivity contribution in [3.63, 3.8) is 0 Å². The molecule has 4 rings (SSSR count). The summed E-state index contributed by atoms with van der Waals surface area (Å²) in [4.78, 5) is 4.03. The van der Waals surface area contributed by atoms with Crippen LogP contribution < -0.4 is 0 Å². The minimum Gasteiger partial charge on any atom is -0.344 e. The standard InChI is InChI=1S/C18H15Cl2N3O2/c19-14-6-7-15(16(20)8-14)17-18(25-12-24-17,9-23-11-21-10-22-23)13-4-2-1-3-5-13/h1-8,10-11,17H,9,12H2/t17-,18-/m1/s1. The maximum atomic E-state index is 6.45. The van der Waals surface area contributed by atoms with Gasteiger partial charge < -0.3 is 9.47 Å². The van der Waals surface area contributed by atoms with E-state index in [0.29, 0.717) is 16.6 Å². The van der Waals surface area contributed by atoms with E-state index in [9.17, 15) is 0 Å². The third kappa shape index (κ3) is 3.04. The maximum Gasteiger partial charge on any atom is 0.149 e. The zero-order chi connectivity index (χ0) is 17.3. The number of ether oxygens (including phenoxy) is 2. The molecule has 0 amide bonds. The average molecular weight is 376 g/mol. The minimum absolute atomic E-state index is 0.160. The van der Waals surface area contributed by atoms with E-state index in [1.165, 1.54) is 6.33 Å². The van der Waals surface area contributed by atoms with E-state index < -0.39 is 11.7 Å². The molecule has 0 spiro atoms. The van der Waals surface area contributed by atoms with Gasteiger partial charge in [0, 0.05) is 15.6 Å². The van der Waals surface area contributed by atoms with E-state index in [0.717, 1.165) is 11.1 Å². The molecule has 7 heteroatoms. The smallest absolute Gasteiger partial charge is 0.149 e. The summed E-state index contributed by atoms with van der Waals surface area (Å²) in [7, 11) is 0. The van der Waals surface area contributed by atoms with Crippen molar-refractivity contribution in [2.24, 2.45) is 0 Å². The van der Waals surface area contributed by atoms with Crippen LogP contribution in [0.3, 0.4) is 0 Å². The highest BCUT2D eigenvalue weighted by Gasteiger charge is 2.49. The first-order valence-corrected chi connectivity index (χ1v) is 8.53. The molecule has 0 N–H and O–H groups in total. The van der Waals surface area contributed by atoms with Crippen molar-refractivity contribution in [1.29, 1.82) is 0 Å². The monoisotopic (exact) mass is 375 g/mol. The van der Waals surface area contributed by atoms with Crippen molar-refractivity contribution in [3.05, 3.63) is 82.4 Å². The Labute approximate surface area is 155 Å². The first-order chi connectivity index (χ1) is 12.2. The number of halogens is 2. The summed E-state index contributed by atoms with van der Waals surface area (Å²) in [5, 5.41) is 5.35. The van der Waals surface area contributed by atoms with Gasteiger partial charge in [-0.05, 0) is 17.7 Å². The fourth-order valence-corrected chi connectivity index (χ4v) is 3.71. The SMILES string of the molecule is Clc1ccc([C@H]2OCO[C@]2(Cn2cncn2)c2ccccc2)c(Cl)c1. The Morgan fingerprint density at radius 3 is 2.72 bits per heavy atom. The number of hydrogen-bond donors (Lipinski definition) is 0. The van der Waals surface area contributed by atoms with Crippen LogP contribution in [0, 0.1) is 0 Å². The van der Waals surface area contributed by atoms with Gasteiger partial charge in [-0.15, -0.1) is 0 Å². The summed E-state index contributed by atoms with van der Waals surface area (Å²) >= 11 is 12.5. The van der Waals surface area contributed by atoms with E-state index in [1.807, 2.05) is 36.4 Å². The van der Waals surface area contributed by atoms with Crippen LogP contribution in [0.2, 0.25) is 10.0 Å². The molecule has 1 aliphatic heterocycles. The topological polar surface area (TPSA) is 49.2 Å². The third-order valence-electron chi connectivity index (χ3n) is 4.35. The van der Waals surface area contributed by atoms with E-state index in [1.54, 1.807) is 23.1 Å². The van der Waals surface area contributed by atoms with Crippen LogP contribution in [-0.2, 0) is 21.6 Å². The lowest BCUT2D eigenvalue weighted by molar-refractivity contribution is -0.0297. The summed E-state index contributed by atoms with van der Waals surface area (Å²) in [5.41, 5.74) is 1.04. The zero-order valence-corrected chi connectivity index (χ0v) is 14.7. The number of rotatable bonds is 4. The van der Waals surface area contributed by atoms with Crippen LogP contribution in [0.25, 0.3) is 0 Å². The third-order valence-corrected chi connectivity index (χ3v) is 4.91. The Morgan fingerprint density at radius 1 is 1.16 bits per heavy atom. The Morgan fingerprint density at radius 2 is 2.00 bits per heavy atom. The van der Waals surface area contributed by atoms with Gasteiger partial charge in [-0.3, -0.25) is 0 Å². The molecule has 0 unspecified atom stereocenters. The van der Waals surface area contributed by atoms with Crippen molar-refractivity contribution in [2.45, 2.75) is 18.2 Å². The highest BCUT2D eigenvalue weighted by Crippen LogP contribution is 2.48. The zero-order valence-electron chi connectivity index (χ0n) is 13.2. The van der Waals surface area contributed by atoms with Gasteiger partial charge in [0.15, 0.2) is 0 Å². The molecule has 1 fully saturated rings. The van der Waals surface area contributed by atoms with Crippen molar-refractivity contribution in [1.82, 2.24) is 14.8 Å². The molecule has 2 aromatic carbocycles. The molecule has 5 nitrogen and oxygen atoms in total. The first kappa shape index (κ1) is 16.5. The molecule has 2 heterocycles. The molecule has 25 heavy (non-hydrogen) atoms. The summed E-state index contributed by atoms with van der Waals surface area (Å²) in [6.45, 7) is 0.605. The molecule has 1 aliphatic rings. The van der Waals surface area contributed by atoms with E-state index in [-0.39, 0.29) is 6.79 Å². The predicted octanol–water partition coefficient (Wildman–Crippen LogP) is 4.23. The van der Waals surface area contributed by atoms with Crippen LogP contribution in [-0.4, -0.2) is 21.6 Å². The van der Waals surface area contributed by atoms with Gasteiger partial charge in [-0.25, -0.2) is 9.67 Å². The van der Waals surface area contributed by atoms with Crippen molar-refractivity contribution in [2.75, 3.05) is 6.79 Å². The van der Waals surface area contributed by atoms with E-state index in [2.05, 4.69) is 10.1 Å². The Hall–Kier alpha value is -1.92. The highest BCUT2D eigenvalue weighted by atomic mass is 35.5. The van der Waals surface area contributed by atoms with Gasteiger partial charge in [0.2, 0.25) is 0 Å². The first-order valence-electron chi connectivity index (χ1n) is 7.77.